The van der Waals surface area contributed by atoms with Crippen LogP contribution in [0.3, 0.4) is 0 Å². The molecule has 0 aromatic carbocycles. The van der Waals surface area contributed by atoms with Gasteiger partial charge in [-0.2, -0.15) is 0 Å². The molecule has 0 spiro atoms. The molecule has 0 radical (unpaired) electrons. The van der Waals surface area contributed by atoms with Crippen molar-refractivity contribution in [3.05, 3.63) is 0 Å². The number of rotatable bonds is 3. The lowest BCUT2D eigenvalue weighted by molar-refractivity contribution is -0.124. The van der Waals surface area contributed by atoms with Crippen molar-refractivity contribution in [3.63, 3.8) is 0 Å². The van der Waals surface area contributed by atoms with Crippen molar-refractivity contribution in [1.29, 1.82) is 0 Å². The summed E-state index contributed by atoms with van der Waals surface area (Å²) in [4.78, 5) is 10.8. The van der Waals surface area contributed by atoms with Crippen molar-refractivity contribution in [3.8, 4) is 0 Å². The van der Waals surface area contributed by atoms with Gasteiger partial charge in [0, 0.05) is 6.42 Å². The molecule has 60 valence electrons. The molecular weight excluding hydrogens is 130 g/mol. The van der Waals surface area contributed by atoms with Gasteiger partial charge in [0.1, 0.15) is 6.23 Å². The van der Waals surface area contributed by atoms with Crippen molar-refractivity contribution in [1.82, 2.24) is 5.32 Å². The van der Waals surface area contributed by atoms with E-state index in [1.54, 1.807) is 0 Å². The highest BCUT2D eigenvalue weighted by Crippen LogP contribution is 1.97. The Morgan fingerprint density at radius 2 is 2.00 bits per heavy atom. The van der Waals surface area contributed by atoms with Gasteiger partial charge in [0.05, 0.1) is 0 Å². The monoisotopic (exact) mass is 145 g/mol. The van der Waals surface area contributed by atoms with Crippen molar-refractivity contribution in [2.45, 2.75) is 33.4 Å². The van der Waals surface area contributed by atoms with Crippen LogP contribution in [0, 0.1) is 5.92 Å². The van der Waals surface area contributed by atoms with Crippen LogP contribution in [-0.4, -0.2) is 17.2 Å². The van der Waals surface area contributed by atoms with Crippen LogP contribution in [0.4, 0.5) is 0 Å². The van der Waals surface area contributed by atoms with Crippen molar-refractivity contribution < 1.29 is 9.90 Å². The van der Waals surface area contributed by atoms with Gasteiger partial charge in [-0.05, 0) is 12.8 Å². The molecular formula is C7H15NO2. The number of carbonyl (C=O) groups is 1. The molecule has 10 heavy (non-hydrogen) atoms. The van der Waals surface area contributed by atoms with E-state index < -0.39 is 6.23 Å². The van der Waals surface area contributed by atoms with E-state index in [4.69, 9.17) is 5.11 Å². The van der Waals surface area contributed by atoms with Crippen molar-refractivity contribution in [2.75, 3.05) is 0 Å². The van der Waals surface area contributed by atoms with Crippen LogP contribution in [0.2, 0.25) is 0 Å². The smallest absolute Gasteiger partial charge is 0.222 e. The molecule has 3 nitrogen and oxygen atoms in total. The minimum atomic E-state index is -0.730. The summed E-state index contributed by atoms with van der Waals surface area (Å²) in [5, 5.41) is 11.1. The fourth-order valence-corrected chi connectivity index (χ4v) is 0.663. The summed E-state index contributed by atoms with van der Waals surface area (Å²) >= 11 is 0. The molecule has 2 N–H and O–H groups in total. The third-order valence-corrected chi connectivity index (χ3v) is 0.964. The first-order valence-corrected chi connectivity index (χ1v) is 3.49. The summed E-state index contributed by atoms with van der Waals surface area (Å²) in [5.74, 6) is 0.253. The Balaban J connectivity index is 3.44. The highest BCUT2D eigenvalue weighted by Gasteiger charge is 2.05. The SMILES string of the molecule is CC(C)CC(=O)NC(C)O. The van der Waals surface area contributed by atoms with E-state index in [0.29, 0.717) is 12.3 Å². The second kappa shape index (κ2) is 4.28. The Morgan fingerprint density at radius 3 is 2.30 bits per heavy atom. The number of carbonyl (C=O) groups excluding carboxylic acids is 1. The third-order valence-electron chi connectivity index (χ3n) is 0.964. The number of amides is 1. The molecule has 0 heterocycles. The van der Waals surface area contributed by atoms with Gasteiger partial charge in [-0.25, -0.2) is 0 Å². The molecule has 0 rings (SSSR count). The lowest BCUT2D eigenvalue weighted by atomic mass is 10.1. The average Bonchev–Trinajstić information content (AvgIpc) is 1.58. The van der Waals surface area contributed by atoms with Gasteiger partial charge < -0.3 is 10.4 Å². The Morgan fingerprint density at radius 1 is 1.50 bits per heavy atom. The maximum Gasteiger partial charge on any atom is 0.222 e. The van der Waals surface area contributed by atoms with Crippen LogP contribution < -0.4 is 5.32 Å². The largest absolute Gasteiger partial charge is 0.374 e. The molecule has 0 aliphatic carbocycles. The van der Waals surface area contributed by atoms with Crippen LogP contribution in [0.5, 0.6) is 0 Å². The summed E-state index contributed by atoms with van der Waals surface area (Å²) in [6.45, 7) is 5.45. The normalized spacial score (nSPS) is 13.3. The molecule has 1 amide bonds. The number of aliphatic hydroxyl groups is 1. The fraction of sp³-hybridized carbons (Fsp3) is 0.857. The zero-order valence-corrected chi connectivity index (χ0v) is 6.72. The molecule has 0 fully saturated rings. The predicted octanol–water partition coefficient (Wildman–Crippen LogP) is 0.487. The topological polar surface area (TPSA) is 49.3 Å². The maximum absolute atomic E-state index is 10.8. The van der Waals surface area contributed by atoms with Crippen LogP contribution in [-0.2, 0) is 4.79 Å². The fourth-order valence-electron chi connectivity index (χ4n) is 0.663. The standard InChI is InChI=1S/C7H15NO2/c1-5(2)4-7(10)8-6(3)9/h5-6,9H,4H2,1-3H3,(H,8,10). The minimum absolute atomic E-state index is 0.0926. The first-order valence-electron chi connectivity index (χ1n) is 3.49. The quantitative estimate of drug-likeness (QED) is 0.568. The molecule has 1 unspecified atom stereocenters. The van der Waals surface area contributed by atoms with E-state index in [1.807, 2.05) is 13.8 Å². The van der Waals surface area contributed by atoms with E-state index >= 15 is 0 Å². The lowest BCUT2D eigenvalue weighted by Gasteiger charge is -2.08. The number of nitrogens with one attached hydrogen (secondary N) is 1. The van der Waals surface area contributed by atoms with Crippen LogP contribution in [0.1, 0.15) is 27.2 Å². The molecule has 0 saturated heterocycles. The maximum atomic E-state index is 10.8. The number of aliphatic hydroxyl groups excluding tert-OH is 1. The predicted molar refractivity (Wildman–Crippen MR) is 39.3 cm³/mol. The van der Waals surface area contributed by atoms with Gasteiger partial charge in [0.25, 0.3) is 0 Å². The molecule has 0 aliphatic heterocycles. The van der Waals surface area contributed by atoms with E-state index in [9.17, 15) is 4.79 Å². The van der Waals surface area contributed by atoms with Crippen molar-refractivity contribution >= 4 is 5.91 Å². The zero-order chi connectivity index (χ0) is 8.15. The van der Waals surface area contributed by atoms with Gasteiger partial charge in [0.15, 0.2) is 0 Å². The Hall–Kier alpha value is -0.570. The van der Waals surface area contributed by atoms with Gasteiger partial charge in [-0.1, -0.05) is 13.8 Å². The van der Waals surface area contributed by atoms with Crippen LogP contribution in [0.25, 0.3) is 0 Å². The van der Waals surface area contributed by atoms with Gasteiger partial charge in [0.2, 0.25) is 5.91 Å². The van der Waals surface area contributed by atoms with Gasteiger partial charge in [-0.3, -0.25) is 4.79 Å². The summed E-state index contributed by atoms with van der Waals surface area (Å²) in [6.07, 6.45) is -0.253. The lowest BCUT2D eigenvalue weighted by Crippen LogP contribution is -2.32. The third kappa shape index (κ3) is 5.56. The first-order chi connectivity index (χ1) is 4.52. The number of hydrogen-bond donors (Lipinski definition) is 2. The average molecular weight is 145 g/mol. The Bertz CT molecular complexity index is 98.2. The second-order valence-electron chi connectivity index (χ2n) is 2.84. The molecule has 0 bridgehead atoms. The highest BCUT2D eigenvalue weighted by molar-refractivity contribution is 5.76. The molecule has 0 aliphatic rings. The summed E-state index contributed by atoms with van der Waals surface area (Å²) < 4.78 is 0. The summed E-state index contributed by atoms with van der Waals surface area (Å²) in [7, 11) is 0. The molecule has 0 aromatic rings. The number of hydrogen-bond acceptors (Lipinski definition) is 2. The molecule has 0 saturated carbocycles. The van der Waals surface area contributed by atoms with E-state index in [2.05, 4.69) is 5.32 Å². The highest BCUT2D eigenvalue weighted by atomic mass is 16.3. The van der Waals surface area contributed by atoms with Crippen LogP contribution in [0.15, 0.2) is 0 Å². The minimum Gasteiger partial charge on any atom is -0.374 e. The van der Waals surface area contributed by atoms with E-state index in [1.165, 1.54) is 6.92 Å². The summed E-state index contributed by atoms with van der Waals surface area (Å²) in [6, 6.07) is 0. The van der Waals surface area contributed by atoms with Gasteiger partial charge >= 0.3 is 0 Å². The molecule has 3 heteroatoms. The van der Waals surface area contributed by atoms with E-state index in [0.717, 1.165) is 0 Å². The first kappa shape index (κ1) is 9.43. The Kier molecular flexibility index (Phi) is 4.03. The van der Waals surface area contributed by atoms with Gasteiger partial charge in [-0.15, -0.1) is 0 Å². The second-order valence-corrected chi connectivity index (χ2v) is 2.84. The molecule has 0 aromatic heterocycles. The van der Waals surface area contributed by atoms with Crippen molar-refractivity contribution in [2.24, 2.45) is 5.92 Å². The Labute approximate surface area is 61.4 Å². The summed E-state index contributed by atoms with van der Waals surface area (Å²) in [5.41, 5.74) is 0. The van der Waals surface area contributed by atoms with Crippen LogP contribution >= 0.6 is 0 Å². The molecule has 1 atom stereocenters. The van der Waals surface area contributed by atoms with E-state index in [-0.39, 0.29) is 5.91 Å². The zero-order valence-electron chi connectivity index (χ0n) is 6.72.